The van der Waals surface area contributed by atoms with Crippen molar-refractivity contribution in [2.75, 3.05) is 13.1 Å². The van der Waals surface area contributed by atoms with Gasteiger partial charge in [0.15, 0.2) is 0 Å². The first kappa shape index (κ1) is 18.2. The van der Waals surface area contributed by atoms with Crippen LogP contribution in [-0.2, 0) is 4.79 Å². The molecule has 7 nitrogen and oxygen atoms in total. The third-order valence-corrected chi connectivity index (χ3v) is 5.25. The third-order valence-electron chi connectivity index (χ3n) is 5.25. The highest BCUT2D eigenvalue weighted by atomic mass is 16.2. The number of H-pyrrole nitrogens is 2. The lowest BCUT2D eigenvalue weighted by atomic mass is 9.98. The van der Waals surface area contributed by atoms with Crippen LogP contribution in [0.25, 0.3) is 11.0 Å². The van der Waals surface area contributed by atoms with E-state index in [-0.39, 0.29) is 29.5 Å². The van der Waals surface area contributed by atoms with E-state index in [9.17, 15) is 14.4 Å². The molecule has 0 spiro atoms. The Morgan fingerprint density at radius 3 is 2.46 bits per heavy atom. The van der Waals surface area contributed by atoms with Crippen LogP contribution < -0.4 is 11.0 Å². The van der Waals surface area contributed by atoms with E-state index >= 15 is 0 Å². The summed E-state index contributed by atoms with van der Waals surface area (Å²) in [5.41, 5.74) is 1.53. The average molecular weight is 358 g/mol. The fourth-order valence-electron chi connectivity index (χ4n) is 3.58. The minimum absolute atomic E-state index is 0.0641. The predicted octanol–water partition coefficient (Wildman–Crippen LogP) is 2.01. The number of hydrogen-bond donors (Lipinski definition) is 3. The zero-order chi connectivity index (χ0) is 18.7. The van der Waals surface area contributed by atoms with Gasteiger partial charge in [0.1, 0.15) is 0 Å². The van der Waals surface area contributed by atoms with Crippen LogP contribution in [0.4, 0.5) is 0 Å². The zero-order valence-corrected chi connectivity index (χ0v) is 15.3. The number of carbonyl (C=O) groups excluding carboxylic acids is 2. The van der Waals surface area contributed by atoms with Crippen LogP contribution >= 0.6 is 0 Å². The molecule has 7 heteroatoms. The van der Waals surface area contributed by atoms with E-state index in [1.807, 2.05) is 18.7 Å². The number of nitrogens with zero attached hydrogens (tertiary/aromatic N) is 1. The molecule has 2 amide bonds. The van der Waals surface area contributed by atoms with Crippen molar-refractivity contribution in [3.63, 3.8) is 0 Å². The Hall–Kier alpha value is -2.57. The number of imidazole rings is 1. The summed E-state index contributed by atoms with van der Waals surface area (Å²) in [5, 5.41) is 3.04. The SMILES string of the molecule is CCC(CC)C(=O)N1CCC(NC(=O)c2ccc3[nH]c(=O)[nH]c3c2)CC1. The van der Waals surface area contributed by atoms with Gasteiger partial charge in [0.05, 0.1) is 11.0 Å². The van der Waals surface area contributed by atoms with Gasteiger partial charge < -0.3 is 20.2 Å². The second kappa shape index (κ2) is 7.76. The Kier molecular flexibility index (Phi) is 5.44. The smallest absolute Gasteiger partial charge is 0.323 e. The van der Waals surface area contributed by atoms with Crippen LogP contribution in [0, 0.1) is 5.92 Å². The first-order chi connectivity index (χ1) is 12.5. The van der Waals surface area contributed by atoms with Gasteiger partial charge in [-0.2, -0.15) is 0 Å². The molecule has 0 radical (unpaired) electrons. The first-order valence-electron chi connectivity index (χ1n) is 9.33. The molecule has 0 unspecified atom stereocenters. The molecule has 1 aliphatic heterocycles. The maximum atomic E-state index is 12.5. The number of benzene rings is 1. The maximum Gasteiger partial charge on any atom is 0.323 e. The number of carbonyl (C=O) groups is 2. The molecule has 1 saturated heterocycles. The molecule has 140 valence electrons. The Morgan fingerprint density at radius 1 is 1.15 bits per heavy atom. The monoisotopic (exact) mass is 358 g/mol. The first-order valence-corrected chi connectivity index (χ1v) is 9.33. The van der Waals surface area contributed by atoms with E-state index in [2.05, 4.69) is 15.3 Å². The minimum Gasteiger partial charge on any atom is -0.349 e. The molecule has 1 aliphatic rings. The van der Waals surface area contributed by atoms with Crippen molar-refractivity contribution >= 4 is 22.8 Å². The highest BCUT2D eigenvalue weighted by Gasteiger charge is 2.27. The van der Waals surface area contributed by atoms with Crippen molar-refractivity contribution < 1.29 is 9.59 Å². The van der Waals surface area contributed by atoms with E-state index in [4.69, 9.17) is 0 Å². The minimum atomic E-state index is -0.285. The summed E-state index contributed by atoms with van der Waals surface area (Å²) in [6.07, 6.45) is 3.27. The number of likely N-dealkylation sites (tertiary alicyclic amines) is 1. The topological polar surface area (TPSA) is 98.1 Å². The largest absolute Gasteiger partial charge is 0.349 e. The Labute approximate surface area is 152 Å². The quantitative estimate of drug-likeness (QED) is 0.762. The third kappa shape index (κ3) is 3.81. The summed E-state index contributed by atoms with van der Waals surface area (Å²) in [7, 11) is 0. The average Bonchev–Trinajstić information content (AvgIpc) is 3.02. The van der Waals surface area contributed by atoms with Gasteiger partial charge >= 0.3 is 5.69 Å². The van der Waals surface area contributed by atoms with Crippen LogP contribution in [0.1, 0.15) is 49.9 Å². The molecular formula is C19H26N4O3. The van der Waals surface area contributed by atoms with Crippen LogP contribution in [0.5, 0.6) is 0 Å². The predicted molar refractivity (Wildman–Crippen MR) is 100 cm³/mol. The van der Waals surface area contributed by atoms with Gasteiger partial charge in [-0.3, -0.25) is 9.59 Å². The fourth-order valence-corrected chi connectivity index (χ4v) is 3.58. The number of fused-ring (bicyclic) bond motifs is 1. The van der Waals surface area contributed by atoms with Gasteiger partial charge in [0, 0.05) is 30.6 Å². The maximum absolute atomic E-state index is 12.5. The summed E-state index contributed by atoms with van der Waals surface area (Å²) < 4.78 is 0. The van der Waals surface area contributed by atoms with Crippen molar-refractivity contribution in [2.45, 2.75) is 45.6 Å². The summed E-state index contributed by atoms with van der Waals surface area (Å²) >= 11 is 0. The Morgan fingerprint density at radius 2 is 1.81 bits per heavy atom. The number of amides is 2. The van der Waals surface area contributed by atoms with E-state index in [0.717, 1.165) is 25.7 Å². The molecule has 1 aromatic heterocycles. The van der Waals surface area contributed by atoms with Crippen molar-refractivity contribution in [1.29, 1.82) is 0 Å². The lowest BCUT2D eigenvalue weighted by molar-refractivity contribution is -0.136. The number of hydrogen-bond acceptors (Lipinski definition) is 3. The number of aromatic nitrogens is 2. The van der Waals surface area contributed by atoms with Crippen LogP contribution in [0.3, 0.4) is 0 Å². The molecule has 0 aliphatic carbocycles. The van der Waals surface area contributed by atoms with Gasteiger partial charge in [0.25, 0.3) is 5.91 Å². The number of rotatable bonds is 5. The van der Waals surface area contributed by atoms with Gasteiger partial charge in [-0.1, -0.05) is 13.8 Å². The van der Waals surface area contributed by atoms with Gasteiger partial charge in [0.2, 0.25) is 5.91 Å². The highest BCUT2D eigenvalue weighted by Crippen LogP contribution is 2.18. The molecule has 1 aromatic carbocycles. The van der Waals surface area contributed by atoms with Crippen LogP contribution in [0.2, 0.25) is 0 Å². The summed E-state index contributed by atoms with van der Waals surface area (Å²) in [6, 6.07) is 5.16. The zero-order valence-electron chi connectivity index (χ0n) is 15.3. The van der Waals surface area contributed by atoms with Crippen LogP contribution in [-0.4, -0.2) is 45.8 Å². The lowest BCUT2D eigenvalue weighted by Gasteiger charge is -2.34. The molecule has 26 heavy (non-hydrogen) atoms. The summed E-state index contributed by atoms with van der Waals surface area (Å²) in [6.45, 7) is 5.47. The molecule has 2 heterocycles. The summed E-state index contributed by atoms with van der Waals surface area (Å²) in [4.78, 5) is 43.5. The molecule has 0 saturated carbocycles. The van der Waals surface area contributed by atoms with Crippen molar-refractivity contribution in [1.82, 2.24) is 20.2 Å². The second-order valence-electron chi connectivity index (χ2n) is 6.93. The molecule has 3 N–H and O–H groups in total. The normalized spacial score (nSPS) is 15.6. The van der Waals surface area contributed by atoms with E-state index in [0.29, 0.717) is 29.7 Å². The molecular weight excluding hydrogens is 332 g/mol. The standard InChI is InChI=1S/C19H26N4O3/c1-3-12(4-2)18(25)23-9-7-14(8-10-23)20-17(24)13-5-6-15-16(11-13)22-19(26)21-15/h5-6,11-12,14H,3-4,7-10H2,1-2H3,(H,20,24)(H2,21,22,26). The number of nitrogens with one attached hydrogen (secondary N) is 3. The summed E-state index contributed by atoms with van der Waals surface area (Å²) in [5.74, 6) is 0.191. The fraction of sp³-hybridized carbons (Fsp3) is 0.526. The molecule has 3 rings (SSSR count). The molecule has 2 aromatic rings. The van der Waals surface area contributed by atoms with Crippen LogP contribution in [0.15, 0.2) is 23.0 Å². The highest BCUT2D eigenvalue weighted by molar-refractivity contribution is 5.97. The molecule has 0 atom stereocenters. The van der Waals surface area contributed by atoms with Crippen molar-refractivity contribution in [3.05, 3.63) is 34.2 Å². The van der Waals surface area contributed by atoms with Gasteiger partial charge in [-0.15, -0.1) is 0 Å². The van der Waals surface area contributed by atoms with Crippen molar-refractivity contribution in [3.8, 4) is 0 Å². The Balaban J connectivity index is 1.57. The number of piperidine rings is 1. The van der Waals surface area contributed by atoms with Gasteiger partial charge in [-0.25, -0.2) is 4.79 Å². The van der Waals surface area contributed by atoms with E-state index < -0.39 is 0 Å². The molecule has 1 fully saturated rings. The van der Waals surface area contributed by atoms with E-state index in [1.54, 1.807) is 18.2 Å². The lowest BCUT2D eigenvalue weighted by Crippen LogP contribution is -2.48. The Bertz CT molecular complexity index is 842. The number of aromatic amines is 2. The van der Waals surface area contributed by atoms with E-state index in [1.165, 1.54) is 0 Å². The van der Waals surface area contributed by atoms with Crippen molar-refractivity contribution in [2.24, 2.45) is 5.92 Å². The molecule has 0 bridgehead atoms. The second-order valence-corrected chi connectivity index (χ2v) is 6.93. The van der Waals surface area contributed by atoms with Gasteiger partial charge in [-0.05, 0) is 43.9 Å².